The van der Waals surface area contributed by atoms with E-state index in [1.807, 2.05) is 36.4 Å². The molecular weight excluding hydrogens is 431 g/mol. The molecule has 1 aliphatic carbocycles. The highest BCUT2D eigenvalue weighted by molar-refractivity contribution is 6.35. The number of nitrogens with two attached hydrogens (primary N) is 3. The van der Waals surface area contributed by atoms with Crippen LogP contribution >= 0.6 is 34.8 Å². The van der Waals surface area contributed by atoms with Crippen molar-refractivity contribution in [1.29, 1.82) is 0 Å². The first-order chi connectivity index (χ1) is 13.8. The van der Waals surface area contributed by atoms with Crippen LogP contribution in [0, 0.1) is 5.92 Å². The van der Waals surface area contributed by atoms with E-state index in [2.05, 4.69) is 11.1 Å². The van der Waals surface area contributed by atoms with E-state index in [0.29, 0.717) is 34.5 Å². The van der Waals surface area contributed by atoms with Crippen molar-refractivity contribution in [2.24, 2.45) is 23.1 Å². The fourth-order valence-corrected chi connectivity index (χ4v) is 5.45. The van der Waals surface area contributed by atoms with Crippen LogP contribution in [0.2, 0.25) is 15.1 Å². The second-order valence-corrected chi connectivity index (χ2v) is 8.78. The summed E-state index contributed by atoms with van der Waals surface area (Å²) in [5, 5.41) is 4.67. The number of amides is 1. The Balaban J connectivity index is 0.00000117. The Morgan fingerprint density at radius 1 is 1.00 bits per heavy atom. The van der Waals surface area contributed by atoms with Crippen LogP contribution in [-0.2, 0) is 10.3 Å². The van der Waals surface area contributed by atoms with E-state index >= 15 is 0 Å². The van der Waals surface area contributed by atoms with E-state index in [1.54, 1.807) is 6.07 Å². The van der Waals surface area contributed by atoms with Crippen molar-refractivity contribution in [3.05, 3.63) is 68.7 Å². The number of carbonyl (C=O) groups is 1. The third-order valence-corrected chi connectivity index (χ3v) is 7.01. The number of rotatable bonds is 2. The lowest BCUT2D eigenvalue weighted by molar-refractivity contribution is -0.126. The number of benzene rings is 2. The van der Waals surface area contributed by atoms with E-state index < -0.39 is 11.1 Å². The van der Waals surface area contributed by atoms with Gasteiger partial charge in [0.15, 0.2) is 0 Å². The Labute approximate surface area is 185 Å². The summed E-state index contributed by atoms with van der Waals surface area (Å²) in [6.07, 6.45) is 1.18. The quantitative estimate of drug-likeness (QED) is 0.556. The molecule has 4 unspecified atom stereocenters. The van der Waals surface area contributed by atoms with Crippen LogP contribution in [0.25, 0.3) is 0 Å². The minimum Gasteiger partial charge on any atom is -0.354 e. The van der Waals surface area contributed by atoms with Crippen molar-refractivity contribution in [1.82, 2.24) is 5.32 Å². The Bertz CT molecular complexity index is 907. The largest absolute Gasteiger partial charge is 0.354 e. The van der Waals surface area contributed by atoms with E-state index in [4.69, 9.17) is 46.3 Å². The van der Waals surface area contributed by atoms with Crippen LogP contribution in [0.1, 0.15) is 29.9 Å². The molecule has 7 N–H and O–H groups in total. The molecule has 8 heteroatoms. The number of hydrogen-bond acceptors (Lipinski definition) is 4. The molecule has 1 saturated heterocycles. The maximum absolute atomic E-state index is 12.5. The standard InChI is InChI=1S/C20H20Cl3N3O.CH5N/c21-12-3-1-11(2-4-12)20(25)15(14-6-5-13(22)9-16(14)23)7-8-19(24)17(20)10-26-18(19)27;1-2/h1-6,9,15,17H,7-8,10,24-25H2,(H,26,27);2H2,1H3. The van der Waals surface area contributed by atoms with Crippen LogP contribution < -0.4 is 22.5 Å². The summed E-state index contributed by atoms with van der Waals surface area (Å²) >= 11 is 18.7. The van der Waals surface area contributed by atoms with Gasteiger partial charge in [-0.3, -0.25) is 4.79 Å². The predicted molar refractivity (Wildman–Crippen MR) is 119 cm³/mol. The maximum atomic E-state index is 12.5. The zero-order valence-corrected chi connectivity index (χ0v) is 18.4. The molecule has 1 aliphatic heterocycles. The highest BCUT2D eigenvalue weighted by Crippen LogP contribution is 2.54. The van der Waals surface area contributed by atoms with Gasteiger partial charge in [-0.05, 0) is 55.3 Å². The maximum Gasteiger partial charge on any atom is 0.240 e. The summed E-state index contributed by atoms with van der Waals surface area (Å²) in [4.78, 5) is 12.5. The third-order valence-electron chi connectivity index (χ3n) is 6.19. The molecule has 0 radical (unpaired) electrons. The van der Waals surface area contributed by atoms with E-state index in [1.165, 1.54) is 7.05 Å². The number of fused-ring (bicyclic) bond motifs is 1. The fraction of sp³-hybridized carbons (Fsp3) is 0.381. The van der Waals surface area contributed by atoms with Gasteiger partial charge in [-0.25, -0.2) is 0 Å². The molecule has 2 aliphatic rings. The molecule has 2 aromatic carbocycles. The van der Waals surface area contributed by atoms with Crippen molar-refractivity contribution in [2.45, 2.75) is 29.8 Å². The average Bonchev–Trinajstić information content (AvgIpc) is 3.01. The van der Waals surface area contributed by atoms with Crippen LogP contribution in [0.3, 0.4) is 0 Å². The van der Waals surface area contributed by atoms with Gasteiger partial charge in [0.1, 0.15) is 5.54 Å². The van der Waals surface area contributed by atoms with Crippen molar-refractivity contribution >= 4 is 40.7 Å². The van der Waals surface area contributed by atoms with Gasteiger partial charge in [0.2, 0.25) is 5.91 Å². The lowest BCUT2D eigenvalue weighted by Crippen LogP contribution is -2.65. The van der Waals surface area contributed by atoms with Crippen LogP contribution in [0.5, 0.6) is 0 Å². The molecule has 0 bridgehead atoms. The Kier molecular flexibility index (Phi) is 6.49. The number of halogens is 3. The van der Waals surface area contributed by atoms with Crippen LogP contribution in [0.15, 0.2) is 42.5 Å². The first kappa shape index (κ1) is 22.3. The summed E-state index contributed by atoms with van der Waals surface area (Å²) in [5.41, 5.74) is 18.1. The Morgan fingerprint density at radius 3 is 2.24 bits per heavy atom. The summed E-state index contributed by atoms with van der Waals surface area (Å²) < 4.78 is 0. The Morgan fingerprint density at radius 2 is 1.62 bits per heavy atom. The second-order valence-electron chi connectivity index (χ2n) is 7.50. The molecule has 1 heterocycles. The fourth-order valence-electron chi connectivity index (χ4n) is 4.79. The molecular formula is C21H25Cl3N4O. The molecule has 29 heavy (non-hydrogen) atoms. The summed E-state index contributed by atoms with van der Waals surface area (Å²) in [7, 11) is 1.50. The van der Waals surface area contributed by atoms with Gasteiger partial charge < -0.3 is 22.5 Å². The first-order valence-corrected chi connectivity index (χ1v) is 10.5. The lowest BCUT2D eigenvalue weighted by Gasteiger charge is -2.52. The zero-order chi connectivity index (χ0) is 21.4. The molecule has 5 nitrogen and oxygen atoms in total. The second kappa shape index (κ2) is 8.42. The minimum absolute atomic E-state index is 0.113. The van der Waals surface area contributed by atoms with Gasteiger partial charge in [0, 0.05) is 33.4 Å². The van der Waals surface area contributed by atoms with Gasteiger partial charge >= 0.3 is 0 Å². The van der Waals surface area contributed by atoms with Crippen molar-refractivity contribution in [2.75, 3.05) is 13.6 Å². The van der Waals surface area contributed by atoms with Gasteiger partial charge in [-0.15, -0.1) is 0 Å². The van der Waals surface area contributed by atoms with Gasteiger partial charge in [0.05, 0.1) is 5.54 Å². The van der Waals surface area contributed by atoms with Gasteiger partial charge in [-0.1, -0.05) is 53.0 Å². The number of hydrogen-bond donors (Lipinski definition) is 4. The first-order valence-electron chi connectivity index (χ1n) is 9.41. The summed E-state index contributed by atoms with van der Waals surface area (Å²) in [6, 6.07) is 12.9. The molecule has 4 rings (SSSR count). The highest BCUT2D eigenvalue weighted by Gasteiger charge is 2.61. The molecule has 0 spiro atoms. The van der Waals surface area contributed by atoms with Crippen molar-refractivity contribution in [3.63, 3.8) is 0 Å². The van der Waals surface area contributed by atoms with E-state index in [0.717, 1.165) is 11.1 Å². The molecule has 2 aromatic rings. The molecule has 4 atom stereocenters. The highest BCUT2D eigenvalue weighted by atomic mass is 35.5. The summed E-state index contributed by atoms with van der Waals surface area (Å²) in [5.74, 6) is -0.529. The predicted octanol–water partition coefficient (Wildman–Crippen LogP) is 3.40. The summed E-state index contributed by atoms with van der Waals surface area (Å²) in [6.45, 7) is 0.427. The SMILES string of the molecule is CN.NC12CCC(c3ccc(Cl)cc3Cl)C(N)(c3ccc(Cl)cc3)C1CNC2=O. The molecule has 0 aromatic heterocycles. The number of nitrogens with one attached hydrogen (secondary N) is 1. The third kappa shape index (κ3) is 3.65. The van der Waals surface area contributed by atoms with Gasteiger partial charge in [-0.2, -0.15) is 0 Å². The zero-order valence-electron chi connectivity index (χ0n) is 16.1. The monoisotopic (exact) mass is 454 g/mol. The minimum atomic E-state index is -0.996. The van der Waals surface area contributed by atoms with E-state index in [-0.39, 0.29) is 17.7 Å². The van der Waals surface area contributed by atoms with Gasteiger partial charge in [0.25, 0.3) is 0 Å². The topological polar surface area (TPSA) is 107 Å². The lowest BCUT2D eigenvalue weighted by atomic mass is 9.56. The van der Waals surface area contributed by atoms with Crippen molar-refractivity contribution < 1.29 is 4.79 Å². The normalized spacial score (nSPS) is 30.8. The molecule has 1 saturated carbocycles. The molecule has 156 valence electrons. The average molecular weight is 456 g/mol. The Hall–Kier alpha value is -1.34. The van der Waals surface area contributed by atoms with Crippen LogP contribution in [0.4, 0.5) is 0 Å². The molecule has 2 fully saturated rings. The number of carbonyl (C=O) groups excluding carboxylic acids is 1. The van der Waals surface area contributed by atoms with Crippen LogP contribution in [-0.4, -0.2) is 25.0 Å². The van der Waals surface area contributed by atoms with E-state index in [9.17, 15) is 4.79 Å². The smallest absolute Gasteiger partial charge is 0.240 e. The molecule has 1 amide bonds. The van der Waals surface area contributed by atoms with Crippen molar-refractivity contribution in [3.8, 4) is 0 Å².